The number of imide groups is 1. The number of hydrogen-bond acceptors (Lipinski definition) is 4. The molecular formula is C20H25NO4. The Balaban J connectivity index is 2.50. The standard InChI is InChI=1S/C20H25NO4/c1-5-7-8-9-17(23)14-10-11-16-15(12-14)19(18(6-2)25-4)20(24)21(16)13(3)22/h10-12H,5-9H2,1-4H3. The third-order valence-electron chi connectivity index (χ3n) is 4.41. The lowest BCUT2D eigenvalue weighted by Gasteiger charge is -2.12. The van der Waals surface area contributed by atoms with E-state index in [1.165, 1.54) is 14.0 Å². The number of allylic oxidation sites excluding steroid dienone is 1. The molecule has 0 saturated heterocycles. The second-order valence-electron chi connectivity index (χ2n) is 6.13. The van der Waals surface area contributed by atoms with Crippen LogP contribution in [0.5, 0.6) is 0 Å². The largest absolute Gasteiger partial charge is 0.500 e. The number of ether oxygens (including phenoxy) is 1. The fraction of sp³-hybridized carbons (Fsp3) is 0.450. The zero-order valence-corrected chi connectivity index (χ0v) is 15.3. The Morgan fingerprint density at radius 3 is 2.44 bits per heavy atom. The number of fused-ring (bicyclic) bond motifs is 1. The molecular weight excluding hydrogens is 318 g/mol. The highest BCUT2D eigenvalue weighted by Crippen LogP contribution is 2.40. The van der Waals surface area contributed by atoms with Crippen LogP contribution in [0.1, 0.15) is 68.8 Å². The summed E-state index contributed by atoms with van der Waals surface area (Å²) in [6.07, 6.45) is 3.94. The number of rotatable bonds is 7. The third kappa shape index (κ3) is 3.65. The van der Waals surface area contributed by atoms with Crippen LogP contribution in [0.4, 0.5) is 5.69 Å². The Morgan fingerprint density at radius 2 is 1.88 bits per heavy atom. The lowest BCUT2D eigenvalue weighted by Crippen LogP contribution is -2.31. The predicted octanol–water partition coefficient (Wildman–Crippen LogP) is 4.11. The van der Waals surface area contributed by atoms with Crippen molar-refractivity contribution in [3.05, 3.63) is 35.1 Å². The van der Waals surface area contributed by atoms with Crippen molar-refractivity contribution in [3.63, 3.8) is 0 Å². The molecule has 0 bridgehead atoms. The minimum atomic E-state index is -0.392. The molecule has 2 amide bonds. The Kier molecular flexibility index (Phi) is 6.12. The maximum atomic E-state index is 12.7. The normalized spacial score (nSPS) is 15.2. The first kappa shape index (κ1) is 18.9. The van der Waals surface area contributed by atoms with Gasteiger partial charge in [-0.2, -0.15) is 0 Å². The first-order valence-corrected chi connectivity index (χ1v) is 8.75. The van der Waals surface area contributed by atoms with E-state index in [9.17, 15) is 14.4 Å². The first-order valence-electron chi connectivity index (χ1n) is 8.75. The molecule has 1 aromatic rings. The number of unbranched alkanes of at least 4 members (excludes halogenated alkanes) is 2. The summed E-state index contributed by atoms with van der Waals surface area (Å²) in [6.45, 7) is 5.33. The van der Waals surface area contributed by atoms with Gasteiger partial charge < -0.3 is 4.74 Å². The summed E-state index contributed by atoms with van der Waals surface area (Å²) >= 11 is 0. The number of Topliss-reactive ketones (excluding diaryl/α,β-unsaturated/α-hetero) is 1. The Bertz CT molecular complexity index is 727. The molecule has 0 atom stereocenters. The van der Waals surface area contributed by atoms with Crippen molar-refractivity contribution in [1.82, 2.24) is 0 Å². The average molecular weight is 343 g/mol. The molecule has 0 aliphatic carbocycles. The highest BCUT2D eigenvalue weighted by atomic mass is 16.5. The quantitative estimate of drug-likeness (QED) is 0.323. The molecule has 1 heterocycles. The van der Waals surface area contributed by atoms with Gasteiger partial charge in [0, 0.05) is 30.9 Å². The summed E-state index contributed by atoms with van der Waals surface area (Å²) < 4.78 is 5.35. The van der Waals surface area contributed by atoms with E-state index in [0.29, 0.717) is 41.0 Å². The Labute approximate surface area is 148 Å². The van der Waals surface area contributed by atoms with E-state index in [1.54, 1.807) is 18.2 Å². The molecule has 134 valence electrons. The van der Waals surface area contributed by atoms with Gasteiger partial charge in [0.15, 0.2) is 5.78 Å². The van der Waals surface area contributed by atoms with Gasteiger partial charge >= 0.3 is 0 Å². The Hall–Kier alpha value is -2.43. The van der Waals surface area contributed by atoms with Gasteiger partial charge in [0.1, 0.15) is 5.76 Å². The molecule has 0 N–H and O–H groups in total. The lowest BCUT2D eigenvalue weighted by molar-refractivity contribution is -0.122. The number of hydrogen-bond donors (Lipinski definition) is 0. The summed E-state index contributed by atoms with van der Waals surface area (Å²) in [5, 5.41) is 0. The van der Waals surface area contributed by atoms with Crippen LogP contribution in [0.3, 0.4) is 0 Å². The summed E-state index contributed by atoms with van der Waals surface area (Å²) in [7, 11) is 1.51. The lowest BCUT2D eigenvalue weighted by atomic mass is 9.98. The van der Waals surface area contributed by atoms with Gasteiger partial charge in [0.05, 0.1) is 18.4 Å². The van der Waals surface area contributed by atoms with E-state index >= 15 is 0 Å². The molecule has 0 spiro atoms. The van der Waals surface area contributed by atoms with Crippen molar-refractivity contribution < 1.29 is 19.1 Å². The van der Waals surface area contributed by atoms with Crippen LogP contribution in [0.25, 0.3) is 5.57 Å². The van der Waals surface area contributed by atoms with Crippen molar-refractivity contribution in [3.8, 4) is 0 Å². The molecule has 1 aliphatic heterocycles. The van der Waals surface area contributed by atoms with Crippen LogP contribution in [0.2, 0.25) is 0 Å². The van der Waals surface area contributed by atoms with Gasteiger partial charge in [-0.1, -0.05) is 26.7 Å². The van der Waals surface area contributed by atoms with Crippen LogP contribution >= 0.6 is 0 Å². The van der Waals surface area contributed by atoms with E-state index in [2.05, 4.69) is 6.92 Å². The number of carbonyl (C=O) groups is 3. The molecule has 5 heteroatoms. The second kappa shape index (κ2) is 8.10. The van der Waals surface area contributed by atoms with Gasteiger partial charge in [-0.05, 0) is 24.6 Å². The molecule has 0 aromatic heterocycles. The maximum absolute atomic E-state index is 12.7. The third-order valence-corrected chi connectivity index (χ3v) is 4.41. The summed E-state index contributed by atoms with van der Waals surface area (Å²) in [6, 6.07) is 5.09. The van der Waals surface area contributed by atoms with E-state index in [0.717, 1.165) is 24.2 Å². The van der Waals surface area contributed by atoms with Crippen molar-refractivity contribution >= 4 is 28.9 Å². The number of amides is 2. The molecule has 5 nitrogen and oxygen atoms in total. The minimum absolute atomic E-state index is 0.0554. The topological polar surface area (TPSA) is 63.7 Å². The first-order chi connectivity index (χ1) is 12.0. The number of methoxy groups -OCH3 is 1. The monoisotopic (exact) mass is 343 g/mol. The smallest absolute Gasteiger partial charge is 0.269 e. The zero-order valence-electron chi connectivity index (χ0n) is 15.3. The van der Waals surface area contributed by atoms with E-state index in [1.807, 2.05) is 6.92 Å². The molecule has 1 aromatic carbocycles. The van der Waals surface area contributed by atoms with Crippen LogP contribution < -0.4 is 4.90 Å². The highest BCUT2D eigenvalue weighted by Gasteiger charge is 2.37. The number of anilines is 1. The molecule has 25 heavy (non-hydrogen) atoms. The van der Waals surface area contributed by atoms with E-state index < -0.39 is 5.91 Å². The predicted molar refractivity (Wildman–Crippen MR) is 97.3 cm³/mol. The van der Waals surface area contributed by atoms with Crippen molar-refractivity contribution in [2.24, 2.45) is 0 Å². The van der Waals surface area contributed by atoms with Gasteiger partial charge in [-0.15, -0.1) is 0 Å². The molecule has 0 unspecified atom stereocenters. The summed E-state index contributed by atoms with van der Waals surface area (Å²) in [5.41, 5.74) is 2.05. The molecule has 1 aliphatic rings. The fourth-order valence-electron chi connectivity index (χ4n) is 3.13. The van der Waals surface area contributed by atoms with Crippen molar-refractivity contribution in [1.29, 1.82) is 0 Å². The van der Waals surface area contributed by atoms with Crippen LogP contribution in [0, 0.1) is 0 Å². The molecule has 0 fully saturated rings. The number of nitrogens with zero attached hydrogens (tertiary/aromatic N) is 1. The summed E-state index contributed by atoms with van der Waals surface area (Å²) in [4.78, 5) is 38.2. The van der Waals surface area contributed by atoms with Gasteiger partial charge in [-0.3, -0.25) is 14.4 Å². The fourth-order valence-corrected chi connectivity index (χ4v) is 3.13. The number of benzene rings is 1. The molecule has 2 rings (SSSR count). The zero-order chi connectivity index (χ0) is 18.6. The second-order valence-corrected chi connectivity index (χ2v) is 6.13. The molecule has 0 radical (unpaired) electrons. The van der Waals surface area contributed by atoms with Gasteiger partial charge in [0.25, 0.3) is 5.91 Å². The highest BCUT2D eigenvalue weighted by molar-refractivity contribution is 6.40. The van der Waals surface area contributed by atoms with Crippen LogP contribution in [0.15, 0.2) is 24.0 Å². The Morgan fingerprint density at radius 1 is 1.16 bits per heavy atom. The summed E-state index contributed by atoms with van der Waals surface area (Å²) in [5.74, 6) is -0.169. The molecule has 0 saturated carbocycles. The SMILES string of the molecule is CCCCCC(=O)c1ccc2c(c1)C(=C(CC)OC)C(=O)N2C(C)=O. The van der Waals surface area contributed by atoms with E-state index in [4.69, 9.17) is 4.74 Å². The number of ketones is 1. The minimum Gasteiger partial charge on any atom is -0.500 e. The van der Waals surface area contributed by atoms with Crippen molar-refractivity contribution in [2.45, 2.75) is 52.9 Å². The van der Waals surface area contributed by atoms with Gasteiger partial charge in [0.2, 0.25) is 5.91 Å². The van der Waals surface area contributed by atoms with Crippen LogP contribution in [-0.4, -0.2) is 24.7 Å². The average Bonchev–Trinajstić information content (AvgIpc) is 2.88. The van der Waals surface area contributed by atoms with Gasteiger partial charge in [-0.25, -0.2) is 4.90 Å². The number of carbonyl (C=O) groups excluding carboxylic acids is 3. The van der Waals surface area contributed by atoms with Crippen molar-refractivity contribution in [2.75, 3.05) is 12.0 Å². The maximum Gasteiger partial charge on any atom is 0.269 e. The van der Waals surface area contributed by atoms with E-state index in [-0.39, 0.29) is 11.7 Å². The van der Waals surface area contributed by atoms with Crippen LogP contribution in [-0.2, 0) is 14.3 Å².